The first-order chi connectivity index (χ1) is 10.1. The van der Waals surface area contributed by atoms with Crippen LogP contribution in [0.4, 0.5) is 4.39 Å². The van der Waals surface area contributed by atoms with Gasteiger partial charge in [-0.15, -0.1) is 0 Å². The maximum absolute atomic E-state index is 13.5. The Labute approximate surface area is 126 Å². The van der Waals surface area contributed by atoms with Gasteiger partial charge in [0.2, 0.25) is 0 Å². The first kappa shape index (κ1) is 15.5. The Morgan fingerprint density at radius 2 is 1.95 bits per heavy atom. The van der Waals surface area contributed by atoms with Gasteiger partial charge in [-0.2, -0.15) is 0 Å². The van der Waals surface area contributed by atoms with Crippen LogP contribution < -0.4 is 10.1 Å². The Bertz CT molecular complexity index is 596. The topological polar surface area (TPSA) is 21.3 Å². The predicted octanol–water partition coefficient (Wildman–Crippen LogP) is 4.39. The maximum atomic E-state index is 13.5. The van der Waals surface area contributed by atoms with Gasteiger partial charge in [-0.3, -0.25) is 0 Å². The van der Waals surface area contributed by atoms with Crippen LogP contribution in [0.25, 0.3) is 11.1 Å². The van der Waals surface area contributed by atoms with Gasteiger partial charge >= 0.3 is 0 Å². The van der Waals surface area contributed by atoms with Crippen LogP contribution in [-0.2, 0) is 6.54 Å². The SMILES string of the molecule is CCOc1cccc(-c2ccc(F)cc2CNC(C)C)c1. The van der Waals surface area contributed by atoms with E-state index in [1.54, 1.807) is 6.07 Å². The lowest BCUT2D eigenvalue weighted by Gasteiger charge is -2.14. The summed E-state index contributed by atoms with van der Waals surface area (Å²) in [5.74, 6) is 0.627. The van der Waals surface area contributed by atoms with Crippen LogP contribution in [0.2, 0.25) is 0 Å². The minimum atomic E-state index is -0.208. The number of ether oxygens (including phenoxy) is 1. The standard InChI is InChI=1S/C18H22FNO/c1-4-21-17-7-5-6-14(11-17)18-9-8-16(19)10-15(18)12-20-13(2)3/h5-11,13,20H,4,12H2,1-3H3. The molecule has 0 aliphatic rings. The monoisotopic (exact) mass is 287 g/mol. The van der Waals surface area contributed by atoms with Crippen molar-refractivity contribution in [2.24, 2.45) is 0 Å². The minimum absolute atomic E-state index is 0.208. The number of halogens is 1. The van der Waals surface area contributed by atoms with Gasteiger partial charge in [0.05, 0.1) is 6.61 Å². The van der Waals surface area contributed by atoms with Crippen LogP contribution >= 0.6 is 0 Å². The van der Waals surface area contributed by atoms with E-state index in [2.05, 4.69) is 19.2 Å². The van der Waals surface area contributed by atoms with Crippen LogP contribution in [0.3, 0.4) is 0 Å². The van der Waals surface area contributed by atoms with Gasteiger partial charge in [0.1, 0.15) is 11.6 Å². The second-order valence-electron chi connectivity index (χ2n) is 5.30. The summed E-state index contributed by atoms with van der Waals surface area (Å²) >= 11 is 0. The summed E-state index contributed by atoms with van der Waals surface area (Å²) in [5, 5.41) is 3.34. The Balaban J connectivity index is 2.35. The molecule has 0 radical (unpaired) electrons. The van der Waals surface area contributed by atoms with Crippen molar-refractivity contribution >= 4 is 0 Å². The molecular weight excluding hydrogens is 265 g/mol. The zero-order valence-corrected chi connectivity index (χ0v) is 12.8. The maximum Gasteiger partial charge on any atom is 0.123 e. The molecule has 0 saturated heterocycles. The lowest BCUT2D eigenvalue weighted by molar-refractivity contribution is 0.340. The molecule has 0 saturated carbocycles. The number of hydrogen-bond donors (Lipinski definition) is 1. The van der Waals surface area contributed by atoms with E-state index < -0.39 is 0 Å². The molecule has 0 bridgehead atoms. The molecule has 112 valence electrons. The third-order valence-corrected chi connectivity index (χ3v) is 3.22. The van der Waals surface area contributed by atoms with Crippen molar-refractivity contribution in [2.45, 2.75) is 33.4 Å². The molecule has 0 unspecified atom stereocenters. The highest BCUT2D eigenvalue weighted by molar-refractivity contribution is 5.68. The van der Waals surface area contributed by atoms with Crippen molar-refractivity contribution in [3.05, 3.63) is 53.8 Å². The molecule has 0 atom stereocenters. The van der Waals surface area contributed by atoms with E-state index in [-0.39, 0.29) is 5.82 Å². The molecule has 0 aliphatic carbocycles. The van der Waals surface area contributed by atoms with Crippen molar-refractivity contribution in [3.63, 3.8) is 0 Å². The first-order valence-electron chi connectivity index (χ1n) is 7.35. The molecule has 21 heavy (non-hydrogen) atoms. The fraction of sp³-hybridized carbons (Fsp3) is 0.333. The Morgan fingerprint density at radius 3 is 2.67 bits per heavy atom. The average molecular weight is 287 g/mol. The smallest absolute Gasteiger partial charge is 0.123 e. The zero-order chi connectivity index (χ0) is 15.2. The second-order valence-corrected chi connectivity index (χ2v) is 5.30. The second kappa shape index (κ2) is 7.23. The first-order valence-corrected chi connectivity index (χ1v) is 7.35. The van der Waals surface area contributed by atoms with Gasteiger partial charge in [0.25, 0.3) is 0 Å². The van der Waals surface area contributed by atoms with E-state index in [0.717, 1.165) is 22.4 Å². The third kappa shape index (κ3) is 4.30. The minimum Gasteiger partial charge on any atom is -0.494 e. The van der Waals surface area contributed by atoms with Gasteiger partial charge in [-0.25, -0.2) is 4.39 Å². The van der Waals surface area contributed by atoms with Crippen molar-refractivity contribution in [2.75, 3.05) is 6.61 Å². The fourth-order valence-electron chi connectivity index (χ4n) is 2.22. The molecule has 0 aromatic heterocycles. The van der Waals surface area contributed by atoms with Crippen LogP contribution in [0.5, 0.6) is 5.75 Å². The normalized spacial score (nSPS) is 10.9. The molecule has 0 spiro atoms. The van der Waals surface area contributed by atoms with E-state index >= 15 is 0 Å². The molecule has 1 N–H and O–H groups in total. The summed E-state index contributed by atoms with van der Waals surface area (Å²) < 4.78 is 19.1. The lowest BCUT2D eigenvalue weighted by Crippen LogP contribution is -2.22. The summed E-state index contributed by atoms with van der Waals surface area (Å²) in [5.41, 5.74) is 3.03. The highest BCUT2D eigenvalue weighted by Crippen LogP contribution is 2.27. The van der Waals surface area contributed by atoms with E-state index in [1.165, 1.54) is 6.07 Å². The van der Waals surface area contributed by atoms with Crippen molar-refractivity contribution in [1.82, 2.24) is 5.32 Å². The highest BCUT2D eigenvalue weighted by atomic mass is 19.1. The van der Waals surface area contributed by atoms with E-state index in [1.807, 2.05) is 37.3 Å². The van der Waals surface area contributed by atoms with Gasteiger partial charge < -0.3 is 10.1 Å². The molecule has 0 heterocycles. The Morgan fingerprint density at radius 1 is 1.14 bits per heavy atom. The highest BCUT2D eigenvalue weighted by Gasteiger charge is 2.08. The third-order valence-electron chi connectivity index (χ3n) is 3.22. The summed E-state index contributed by atoms with van der Waals surface area (Å²) in [6.45, 7) is 7.39. The van der Waals surface area contributed by atoms with Gasteiger partial charge in [0.15, 0.2) is 0 Å². The van der Waals surface area contributed by atoms with Crippen LogP contribution in [0.1, 0.15) is 26.3 Å². The molecule has 2 nitrogen and oxygen atoms in total. The summed E-state index contributed by atoms with van der Waals surface area (Å²) in [6, 6.07) is 13.2. The molecule has 0 fully saturated rings. The molecule has 2 aromatic carbocycles. The molecule has 2 aromatic rings. The van der Waals surface area contributed by atoms with Gasteiger partial charge in [-0.05, 0) is 47.9 Å². The quantitative estimate of drug-likeness (QED) is 0.850. The molecule has 3 heteroatoms. The Hall–Kier alpha value is -1.87. The number of hydrogen-bond acceptors (Lipinski definition) is 2. The number of benzene rings is 2. The van der Waals surface area contributed by atoms with Crippen LogP contribution in [0, 0.1) is 5.82 Å². The van der Waals surface area contributed by atoms with Crippen LogP contribution in [-0.4, -0.2) is 12.6 Å². The number of nitrogens with one attached hydrogen (secondary N) is 1. The zero-order valence-electron chi connectivity index (χ0n) is 12.8. The molecular formula is C18H22FNO. The summed E-state index contributed by atoms with van der Waals surface area (Å²) in [6.07, 6.45) is 0. The van der Waals surface area contributed by atoms with Gasteiger partial charge in [-0.1, -0.05) is 32.0 Å². The van der Waals surface area contributed by atoms with E-state index in [0.29, 0.717) is 19.2 Å². The molecule has 0 amide bonds. The molecule has 2 rings (SSSR count). The van der Waals surface area contributed by atoms with Crippen molar-refractivity contribution in [3.8, 4) is 16.9 Å². The van der Waals surface area contributed by atoms with E-state index in [4.69, 9.17) is 4.74 Å². The number of rotatable bonds is 6. The fourth-order valence-corrected chi connectivity index (χ4v) is 2.22. The largest absolute Gasteiger partial charge is 0.494 e. The van der Waals surface area contributed by atoms with Crippen molar-refractivity contribution in [1.29, 1.82) is 0 Å². The Kier molecular flexibility index (Phi) is 5.34. The molecule has 0 aliphatic heterocycles. The summed E-state index contributed by atoms with van der Waals surface area (Å²) in [4.78, 5) is 0. The van der Waals surface area contributed by atoms with Crippen LogP contribution in [0.15, 0.2) is 42.5 Å². The lowest BCUT2D eigenvalue weighted by atomic mass is 9.99. The van der Waals surface area contributed by atoms with Crippen molar-refractivity contribution < 1.29 is 9.13 Å². The summed E-state index contributed by atoms with van der Waals surface area (Å²) in [7, 11) is 0. The van der Waals surface area contributed by atoms with Gasteiger partial charge in [0, 0.05) is 12.6 Å². The predicted molar refractivity (Wildman–Crippen MR) is 85.0 cm³/mol. The van der Waals surface area contributed by atoms with E-state index in [9.17, 15) is 4.39 Å². The average Bonchev–Trinajstić information content (AvgIpc) is 2.46.